The van der Waals surface area contributed by atoms with Crippen LogP contribution in [0.3, 0.4) is 0 Å². The van der Waals surface area contributed by atoms with Gasteiger partial charge in [-0.15, -0.1) is 0 Å². The van der Waals surface area contributed by atoms with Crippen molar-refractivity contribution in [2.24, 2.45) is 11.8 Å². The van der Waals surface area contributed by atoms with E-state index in [1.54, 1.807) is 42.5 Å². The van der Waals surface area contributed by atoms with Crippen LogP contribution in [0.5, 0.6) is 11.5 Å². The number of methoxy groups -OCH3 is 2. The van der Waals surface area contributed by atoms with Crippen LogP contribution < -0.4 is 25.4 Å². The Morgan fingerprint density at radius 1 is 0.793 bits per heavy atom. The molecule has 1 aliphatic carbocycles. The van der Waals surface area contributed by atoms with E-state index >= 15 is 0 Å². The molecule has 0 aliphatic heterocycles. The standard InChI is InChI=1S/C21H23N3O5/c1-12(25)22-13-5-4-6-14(9-13)23-20(26)16-11-17(16)21(27)24-15-7-8-18(28-2)19(10-15)29-3/h4-10,16-17H,11H2,1-3H3,(H,22,25)(H,23,26)(H,24,27). The zero-order chi connectivity index (χ0) is 21.0. The Balaban J connectivity index is 1.57. The summed E-state index contributed by atoms with van der Waals surface area (Å²) in [6.07, 6.45) is 0.482. The van der Waals surface area contributed by atoms with E-state index in [1.165, 1.54) is 21.1 Å². The van der Waals surface area contributed by atoms with E-state index in [0.29, 0.717) is 35.0 Å². The normalized spacial score (nSPS) is 17.1. The van der Waals surface area contributed by atoms with Crippen LogP contribution >= 0.6 is 0 Å². The minimum absolute atomic E-state index is 0.192. The van der Waals surface area contributed by atoms with Gasteiger partial charge in [0.1, 0.15) is 0 Å². The predicted octanol–water partition coefficient (Wildman–Crippen LogP) is 2.88. The third-order valence-electron chi connectivity index (χ3n) is 4.57. The average molecular weight is 397 g/mol. The number of hydrogen-bond donors (Lipinski definition) is 3. The molecule has 3 amide bonds. The summed E-state index contributed by atoms with van der Waals surface area (Å²) < 4.78 is 10.4. The molecule has 0 heterocycles. The van der Waals surface area contributed by atoms with Gasteiger partial charge in [0.25, 0.3) is 0 Å². The summed E-state index contributed by atoms with van der Waals surface area (Å²) >= 11 is 0. The van der Waals surface area contributed by atoms with Gasteiger partial charge < -0.3 is 25.4 Å². The van der Waals surface area contributed by atoms with Crippen molar-refractivity contribution in [1.82, 2.24) is 0 Å². The average Bonchev–Trinajstić information content (AvgIpc) is 3.49. The van der Waals surface area contributed by atoms with E-state index in [-0.39, 0.29) is 29.6 Å². The largest absolute Gasteiger partial charge is 0.493 e. The molecule has 8 heteroatoms. The van der Waals surface area contributed by atoms with Crippen molar-refractivity contribution in [1.29, 1.82) is 0 Å². The Labute approximate surface area is 168 Å². The molecule has 1 saturated carbocycles. The maximum Gasteiger partial charge on any atom is 0.228 e. The number of ether oxygens (including phenoxy) is 2. The Bertz CT molecular complexity index is 944. The van der Waals surface area contributed by atoms with Gasteiger partial charge in [-0.1, -0.05) is 6.07 Å². The lowest BCUT2D eigenvalue weighted by atomic mass is 10.2. The Kier molecular flexibility index (Phi) is 6.01. The number of benzene rings is 2. The Morgan fingerprint density at radius 3 is 1.90 bits per heavy atom. The van der Waals surface area contributed by atoms with E-state index in [1.807, 2.05) is 0 Å². The highest BCUT2D eigenvalue weighted by Gasteiger charge is 2.48. The monoisotopic (exact) mass is 397 g/mol. The minimum atomic E-state index is -0.389. The first-order chi connectivity index (χ1) is 13.9. The van der Waals surface area contributed by atoms with Crippen molar-refractivity contribution in [3.8, 4) is 11.5 Å². The highest BCUT2D eigenvalue weighted by Crippen LogP contribution is 2.40. The van der Waals surface area contributed by atoms with Crippen molar-refractivity contribution < 1.29 is 23.9 Å². The van der Waals surface area contributed by atoms with Gasteiger partial charge in [-0.2, -0.15) is 0 Å². The molecule has 3 rings (SSSR count). The molecule has 152 valence electrons. The summed E-state index contributed by atoms with van der Waals surface area (Å²) in [5, 5.41) is 8.26. The fourth-order valence-electron chi connectivity index (χ4n) is 3.04. The van der Waals surface area contributed by atoms with Crippen LogP contribution in [0, 0.1) is 11.8 Å². The molecule has 3 N–H and O–H groups in total. The molecule has 1 fully saturated rings. The lowest BCUT2D eigenvalue weighted by Crippen LogP contribution is -2.20. The first-order valence-corrected chi connectivity index (χ1v) is 9.12. The fraction of sp³-hybridized carbons (Fsp3) is 0.286. The summed E-state index contributed by atoms with van der Waals surface area (Å²) in [5.74, 6) is -0.337. The summed E-state index contributed by atoms with van der Waals surface area (Å²) in [4.78, 5) is 36.1. The number of amides is 3. The van der Waals surface area contributed by atoms with Crippen LogP contribution in [0.15, 0.2) is 42.5 Å². The number of carbonyl (C=O) groups excluding carboxylic acids is 3. The van der Waals surface area contributed by atoms with Gasteiger partial charge in [-0.3, -0.25) is 14.4 Å². The molecule has 2 aromatic rings. The molecular formula is C21H23N3O5. The number of nitrogens with one attached hydrogen (secondary N) is 3. The highest BCUT2D eigenvalue weighted by atomic mass is 16.5. The molecule has 2 aromatic carbocycles. The second kappa shape index (κ2) is 8.64. The fourth-order valence-corrected chi connectivity index (χ4v) is 3.04. The molecule has 0 spiro atoms. The Morgan fingerprint density at radius 2 is 1.34 bits per heavy atom. The smallest absolute Gasteiger partial charge is 0.228 e. The van der Waals surface area contributed by atoms with Crippen LogP contribution in [-0.2, 0) is 14.4 Å². The molecule has 2 atom stereocenters. The second-order valence-corrected chi connectivity index (χ2v) is 6.76. The maximum atomic E-state index is 12.5. The third kappa shape index (κ3) is 5.04. The van der Waals surface area contributed by atoms with Crippen LogP contribution in [-0.4, -0.2) is 31.9 Å². The molecule has 0 aromatic heterocycles. The molecule has 8 nitrogen and oxygen atoms in total. The lowest BCUT2D eigenvalue weighted by molar-refractivity contribution is -0.122. The lowest BCUT2D eigenvalue weighted by Gasteiger charge is -2.11. The minimum Gasteiger partial charge on any atom is -0.493 e. The molecule has 2 unspecified atom stereocenters. The molecule has 1 aliphatic rings. The third-order valence-corrected chi connectivity index (χ3v) is 4.57. The van der Waals surface area contributed by atoms with Crippen molar-refractivity contribution in [3.63, 3.8) is 0 Å². The van der Waals surface area contributed by atoms with Gasteiger partial charge in [0.15, 0.2) is 11.5 Å². The second-order valence-electron chi connectivity index (χ2n) is 6.76. The van der Waals surface area contributed by atoms with Gasteiger partial charge in [0, 0.05) is 30.1 Å². The van der Waals surface area contributed by atoms with Gasteiger partial charge in [0.05, 0.1) is 26.1 Å². The van der Waals surface area contributed by atoms with Gasteiger partial charge >= 0.3 is 0 Å². The van der Waals surface area contributed by atoms with Crippen LogP contribution in [0.4, 0.5) is 17.1 Å². The Hall–Kier alpha value is -3.55. The predicted molar refractivity (Wildman–Crippen MR) is 109 cm³/mol. The summed E-state index contributed by atoms with van der Waals surface area (Å²) in [6.45, 7) is 1.41. The molecular weight excluding hydrogens is 374 g/mol. The molecule has 0 radical (unpaired) electrons. The van der Waals surface area contributed by atoms with Crippen LogP contribution in [0.2, 0.25) is 0 Å². The quantitative estimate of drug-likeness (QED) is 0.666. The number of hydrogen-bond acceptors (Lipinski definition) is 5. The zero-order valence-corrected chi connectivity index (χ0v) is 16.4. The summed E-state index contributed by atoms with van der Waals surface area (Å²) in [7, 11) is 3.06. The summed E-state index contributed by atoms with van der Waals surface area (Å²) in [6, 6.07) is 11.9. The molecule has 0 bridgehead atoms. The van der Waals surface area contributed by atoms with E-state index in [4.69, 9.17) is 9.47 Å². The van der Waals surface area contributed by atoms with Gasteiger partial charge in [-0.25, -0.2) is 0 Å². The van der Waals surface area contributed by atoms with Crippen molar-refractivity contribution in [3.05, 3.63) is 42.5 Å². The number of carbonyl (C=O) groups is 3. The SMILES string of the molecule is COc1ccc(NC(=O)C2CC2C(=O)Nc2cccc(NC(C)=O)c2)cc1OC. The number of anilines is 3. The first-order valence-electron chi connectivity index (χ1n) is 9.12. The van der Waals surface area contributed by atoms with Gasteiger partial charge in [-0.05, 0) is 36.8 Å². The van der Waals surface area contributed by atoms with E-state index in [9.17, 15) is 14.4 Å². The topological polar surface area (TPSA) is 106 Å². The van der Waals surface area contributed by atoms with E-state index in [0.717, 1.165) is 0 Å². The zero-order valence-electron chi connectivity index (χ0n) is 16.4. The maximum absolute atomic E-state index is 12.5. The molecule has 29 heavy (non-hydrogen) atoms. The van der Waals surface area contributed by atoms with Crippen LogP contribution in [0.25, 0.3) is 0 Å². The van der Waals surface area contributed by atoms with Crippen molar-refractivity contribution in [2.45, 2.75) is 13.3 Å². The van der Waals surface area contributed by atoms with Gasteiger partial charge in [0.2, 0.25) is 17.7 Å². The summed E-state index contributed by atoms with van der Waals surface area (Å²) in [5.41, 5.74) is 1.72. The molecule has 0 saturated heterocycles. The van der Waals surface area contributed by atoms with Crippen molar-refractivity contribution in [2.75, 3.05) is 30.2 Å². The highest BCUT2D eigenvalue weighted by molar-refractivity contribution is 6.03. The first kappa shape index (κ1) is 20.2. The van der Waals surface area contributed by atoms with Crippen LogP contribution in [0.1, 0.15) is 13.3 Å². The number of rotatable bonds is 7. The van der Waals surface area contributed by atoms with Crippen molar-refractivity contribution >= 4 is 34.8 Å². The van der Waals surface area contributed by atoms with E-state index in [2.05, 4.69) is 16.0 Å². The van der Waals surface area contributed by atoms with E-state index < -0.39 is 0 Å².